The van der Waals surface area contributed by atoms with Gasteiger partial charge in [-0.05, 0) is 25.0 Å². The fourth-order valence-electron chi connectivity index (χ4n) is 4.20. The second kappa shape index (κ2) is 8.19. The van der Waals surface area contributed by atoms with Gasteiger partial charge in [0.15, 0.2) is 0 Å². The van der Waals surface area contributed by atoms with Gasteiger partial charge in [-0.2, -0.15) is 0 Å². The Bertz CT molecular complexity index is 760. The molecule has 0 unspecified atom stereocenters. The molecule has 4 rings (SSSR count). The molecule has 1 aliphatic carbocycles. The number of benzene rings is 1. The smallest absolute Gasteiger partial charge is 0.269 e. The molecule has 1 saturated carbocycles. The van der Waals surface area contributed by atoms with Crippen LogP contribution in [-0.4, -0.2) is 51.9 Å². The predicted octanol–water partition coefficient (Wildman–Crippen LogP) is 3.70. The van der Waals surface area contributed by atoms with Crippen molar-refractivity contribution >= 4 is 5.69 Å². The average molecular weight is 370 g/mol. The number of aromatic nitrogens is 1. The molecule has 0 bridgehead atoms. The maximum absolute atomic E-state index is 10.8. The van der Waals surface area contributed by atoms with Gasteiger partial charge in [-0.25, -0.2) is 4.98 Å². The summed E-state index contributed by atoms with van der Waals surface area (Å²) in [7, 11) is 0. The van der Waals surface area contributed by atoms with Gasteiger partial charge in [0.2, 0.25) is 5.89 Å². The molecule has 7 nitrogen and oxygen atoms in total. The van der Waals surface area contributed by atoms with Crippen molar-refractivity contribution in [2.75, 3.05) is 26.2 Å². The molecule has 0 radical (unpaired) electrons. The Morgan fingerprint density at radius 3 is 2.44 bits per heavy atom. The average Bonchev–Trinajstić information content (AvgIpc) is 3.18. The van der Waals surface area contributed by atoms with Crippen LogP contribution in [-0.2, 0) is 6.54 Å². The Morgan fingerprint density at radius 2 is 1.78 bits per heavy atom. The molecule has 1 aromatic heterocycles. The number of piperazine rings is 1. The molecular weight excluding hydrogens is 344 g/mol. The van der Waals surface area contributed by atoms with Crippen LogP contribution in [0, 0.1) is 10.1 Å². The summed E-state index contributed by atoms with van der Waals surface area (Å²) in [5.41, 5.74) is 1.74. The molecule has 2 fully saturated rings. The molecule has 0 amide bonds. The summed E-state index contributed by atoms with van der Waals surface area (Å²) in [6, 6.07) is 7.10. The van der Waals surface area contributed by atoms with Crippen LogP contribution in [0.1, 0.15) is 37.8 Å². The zero-order valence-electron chi connectivity index (χ0n) is 15.5. The largest absolute Gasteiger partial charge is 0.444 e. The molecule has 2 heterocycles. The second-order valence-electron chi connectivity index (χ2n) is 7.55. The molecule has 2 aromatic rings. The number of nitrogens with zero attached hydrogens (tertiary/aromatic N) is 4. The van der Waals surface area contributed by atoms with Gasteiger partial charge in [-0.15, -0.1) is 0 Å². The first kappa shape index (κ1) is 18.1. The first-order chi connectivity index (χ1) is 13.2. The van der Waals surface area contributed by atoms with Crippen LogP contribution in [0.5, 0.6) is 0 Å². The van der Waals surface area contributed by atoms with E-state index in [0.717, 1.165) is 50.0 Å². The van der Waals surface area contributed by atoms with Crippen molar-refractivity contribution < 1.29 is 9.34 Å². The molecule has 7 heteroatoms. The van der Waals surface area contributed by atoms with E-state index in [1.165, 1.54) is 44.2 Å². The van der Waals surface area contributed by atoms with Crippen molar-refractivity contribution in [2.45, 2.75) is 44.7 Å². The molecule has 0 atom stereocenters. The van der Waals surface area contributed by atoms with Crippen LogP contribution in [0.2, 0.25) is 0 Å². The molecule has 1 aliphatic heterocycles. The number of non-ortho nitro benzene ring substituents is 1. The van der Waals surface area contributed by atoms with Gasteiger partial charge in [-0.3, -0.25) is 19.9 Å². The van der Waals surface area contributed by atoms with Crippen molar-refractivity contribution in [1.82, 2.24) is 14.8 Å². The highest BCUT2D eigenvalue weighted by Gasteiger charge is 2.25. The first-order valence-corrected chi connectivity index (χ1v) is 9.85. The quantitative estimate of drug-likeness (QED) is 0.590. The van der Waals surface area contributed by atoms with Crippen LogP contribution in [0.15, 0.2) is 34.9 Å². The van der Waals surface area contributed by atoms with Gasteiger partial charge in [0.1, 0.15) is 6.26 Å². The van der Waals surface area contributed by atoms with Crippen LogP contribution >= 0.6 is 0 Å². The van der Waals surface area contributed by atoms with Crippen molar-refractivity contribution in [3.63, 3.8) is 0 Å². The molecule has 27 heavy (non-hydrogen) atoms. The minimum Gasteiger partial charge on any atom is -0.444 e. The van der Waals surface area contributed by atoms with E-state index in [0.29, 0.717) is 5.89 Å². The van der Waals surface area contributed by atoms with Crippen LogP contribution in [0.25, 0.3) is 11.5 Å². The van der Waals surface area contributed by atoms with E-state index >= 15 is 0 Å². The molecular formula is C20H26N4O3. The van der Waals surface area contributed by atoms with Gasteiger partial charge in [0.25, 0.3) is 5.69 Å². The van der Waals surface area contributed by atoms with E-state index in [1.54, 1.807) is 18.4 Å². The van der Waals surface area contributed by atoms with E-state index in [-0.39, 0.29) is 5.69 Å². The molecule has 1 aromatic carbocycles. The summed E-state index contributed by atoms with van der Waals surface area (Å²) in [6.07, 6.45) is 8.60. The number of hydrogen-bond acceptors (Lipinski definition) is 6. The summed E-state index contributed by atoms with van der Waals surface area (Å²) in [5, 5.41) is 10.8. The summed E-state index contributed by atoms with van der Waals surface area (Å²) in [6.45, 7) is 5.19. The van der Waals surface area contributed by atoms with Gasteiger partial charge < -0.3 is 4.42 Å². The predicted molar refractivity (Wildman–Crippen MR) is 102 cm³/mol. The van der Waals surface area contributed by atoms with E-state index in [9.17, 15) is 10.1 Å². The lowest BCUT2D eigenvalue weighted by Crippen LogP contribution is -2.50. The van der Waals surface area contributed by atoms with Gasteiger partial charge in [0, 0.05) is 56.5 Å². The summed E-state index contributed by atoms with van der Waals surface area (Å²) in [5.74, 6) is 0.515. The molecule has 2 aliphatic rings. The molecule has 0 N–H and O–H groups in total. The highest BCUT2D eigenvalue weighted by atomic mass is 16.6. The fraction of sp³-hybridized carbons (Fsp3) is 0.550. The summed E-state index contributed by atoms with van der Waals surface area (Å²) >= 11 is 0. The number of nitro benzene ring substituents is 1. The molecule has 0 spiro atoms. The van der Waals surface area contributed by atoms with E-state index in [1.807, 2.05) is 0 Å². The zero-order chi connectivity index (χ0) is 18.6. The zero-order valence-corrected chi connectivity index (χ0v) is 15.5. The Kier molecular flexibility index (Phi) is 5.50. The highest BCUT2D eigenvalue weighted by molar-refractivity contribution is 5.55. The Labute approximate surface area is 159 Å². The van der Waals surface area contributed by atoms with E-state index < -0.39 is 4.92 Å². The minimum absolute atomic E-state index is 0.0707. The second-order valence-corrected chi connectivity index (χ2v) is 7.55. The molecule has 1 saturated heterocycles. The van der Waals surface area contributed by atoms with Crippen molar-refractivity contribution in [3.8, 4) is 11.5 Å². The van der Waals surface area contributed by atoms with E-state index in [2.05, 4.69) is 14.8 Å². The van der Waals surface area contributed by atoms with Crippen molar-refractivity contribution in [1.29, 1.82) is 0 Å². The first-order valence-electron chi connectivity index (χ1n) is 9.85. The van der Waals surface area contributed by atoms with Crippen molar-refractivity contribution in [2.24, 2.45) is 0 Å². The van der Waals surface area contributed by atoms with Crippen molar-refractivity contribution in [3.05, 3.63) is 46.3 Å². The maximum atomic E-state index is 10.8. The van der Waals surface area contributed by atoms with E-state index in [4.69, 9.17) is 4.42 Å². The third-order valence-corrected chi connectivity index (χ3v) is 5.76. The minimum atomic E-state index is -0.405. The lowest BCUT2D eigenvalue weighted by molar-refractivity contribution is -0.384. The third kappa shape index (κ3) is 4.36. The lowest BCUT2D eigenvalue weighted by Gasteiger charge is -2.40. The third-order valence-electron chi connectivity index (χ3n) is 5.76. The SMILES string of the molecule is O=[N+]([O-])c1ccc(-c2nc(CN3CCN(C4CCCCC4)CC3)co2)cc1. The highest BCUT2D eigenvalue weighted by Crippen LogP contribution is 2.25. The monoisotopic (exact) mass is 370 g/mol. The standard InChI is InChI=1S/C20H26N4O3/c25-24(26)19-8-6-16(7-9-19)20-21-17(15-27-20)14-22-10-12-23(13-11-22)18-4-2-1-3-5-18/h6-9,15,18H,1-5,10-14H2. The van der Waals surface area contributed by atoms with Gasteiger partial charge in [0.05, 0.1) is 10.6 Å². The Morgan fingerprint density at radius 1 is 1.07 bits per heavy atom. The van der Waals surface area contributed by atoms with Crippen LogP contribution in [0.4, 0.5) is 5.69 Å². The summed E-state index contributed by atoms with van der Waals surface area (Å²) < 4.78 is 5.59. The number of nitro groups is 1. The maximum Gasteiger partial charge on any atom is 0.269 e. The Hall–Kier alpha value is -2.25. The topological polar surface area (TPSA) is 75.7 Å². The fourth-order valence-corrected chi connectivity index (χ4v) is 4.20. The Balaban J connectivity index is 1.31. The van der Waals surface area contributed by atoms with Crippen LogP contribution < -0.4 is 0 Å². The number of rotatable bonds is 5. The van der Waals surface area contributed by atoms with Gasteiger partial charge in [-0.1, -0.05) is 19.3 Å². The molecule has 144 valence electrons. The lowest BCUT2D eigenvalue weighted by atomic mass is 9.94. The number of hydrogen-bond donors (Lipinski definition) is 0. The van der Waals surface area contributed by atoms with Crippen LogP contribution in [0.3, 0.4) is 0 Å². The summed E-state index contributed by atoms with van der Waals surface area (Å²) in [4.78, 5) is 20.0. The van der Waals surface area contributed by atoms with Gasteiger partial charge >= 0.3 is 0 Å². The normalized spacial score (nSPS) is 20.0. The number of oxazole rings is 1.